The van der Waals surface area contributed by atoms with Gasteiger partial charge in [0.1, 0.15) is 29.7 Å². The quantitative estimate of drug-likeness (QED) is 0.366. The molecule has 2 heterocycles. The summed E-state index contributed by atoms with van der Waals surface area (Å²) in [4.78, 5) is 21.7. The maximum Gasteiger partial charge on any atom is 0.252 e. The molecule has 0 saturated heterocycles. The van der Waals surface area contributed by atoms with Crippen molar-refractivity contribution in [1.82, 2.24) is 30.0 Å². The monoisotopic (exact) mass is 464 g/mol. The van der Waals surface area contributed by atoms with E-state index in [1.807, 2.05) is 54.2 Å². The number of aromatic nitrogens is 5. The van der Waals surface area contributed by atoms with E-state index in [2.05, 4.69) is 25.5 Å². The van der Waals surface area contributed by atoms with Gasteiger partial charge < -0.3 is 19.4 Å². The van der Waals surface area contributed by atoms with Crippen LogP contribution in [0.4, 0.5) is 0 Å². The van der Waals surface area contributed by atoms with E-state index in [-0.39, 0.29) is 5.91 Å². The fourth-order valence-corrected chi connectivity index (χ4v) is 4.07. The molecule has 2 aromatic carbocycles. The van der Waals surface area contributed by atoms with Gasteiger partial charge in [0, 0.05) is 36.8 Å². The van der Waals surface area contributed by atoms with Gasteiger partial charge in [0.05, 0.1) is 14.2 Å². The third-order valence-electron chi connectivity index (χ3n) is 5.08. The molecule has 1 unspecified atom stereocenters. The van der Waals surface area contributed by atoms with Crippen LogP contribution in [0.5, 0.6) is 11.5 Å². The van der Waals surface area contributed by atoms with Gasteiger partial charge in [0.15, 0.2) is 5.16 Å². The SMILES string of the molecule is COc1cc(OC)cc(C(NC(=O)c2ccc(CSc3ncn[nH]3)cc2)c2nccn2C)c1. The molecule has 0 saturated carbocycles. The summed E-state index contributed by atoms with van der Waals surface area (Å²) in [7, 11) is 5.07. The molecule has 0 aliphatic rings. The van der Waals surface area contributed by atoms with Crippen molar-refractivity contribution < 1.29 is 14.3 Å². The predicted octanol–water partition coefficient (Wildman–Crippen LogP) is 3.37. The highest BCUT2D eigenvalue weighted by molar-refractivity contribution is 7.98. The largest absolute Gasteiger partial charge is 0.497 e. The van der Waals surface area contributed by atoms with Crippen LogP contribution >= 0.6 is 11.8 Å². The first-order valence-electron chi connectivity index (χ1n) is 10.2. The highest BCUT2D eigenvalue weighted by atomic mass is 32.2. The van der Waals surface area contributed by atoms with Crippen molar-refractivity contribution in [1.29, 1.82) is 0 Å². The van der Waals surface area contributed by atoms with Gasteiger partial charge in [-0.15, -0.1) is 0 Å². The summed E-state index contributed by atoms with van der Waals surface area (Å²) >= 11 is 1.54. The summed E-state index contributed by atoms with van der Waals surface area (Å²) in [5.41, 5.74) is 2.43. The van der Waals surface area contributed by atoms with E-state index in [1.165, 1.54) is 6.33 Å². The van der Waals surface area contributed by atoms with Crippen LogP contribution in [0.2, 0.25) is 0 Å². The Kier molecular flexibility index (Phi) is 6.94. The number of ether oxygens (including phenoxy) is 2. The van der Waals surface area contributed by atoms with E-state index in [1.54, 1.807) is 38.2 Å². The number of carbonyl (C=O) groups is 1. The Morgan fingerprint density at radius 2 is 1.85 bits per heavy atom. The Bertz CT molecular complexity index is 1190. The lowest BCUT2D eigenvalue weighted by molar-refractivity contribution is 0.0941. The Labute approximate surface area is 195 Å². The topological polar surface area (TPSA) is 107 Å². The van der Waals surface area contributed by atoms with E-state index < -0.39 is 6.04 Å². The maximum absolute atomic E-state index is 13.2. The number of benzene rings is 2. The zero-order valence-corrected chi connectivity index (χ0v) is 19.3. The molecule has 0 spiro atoms. The lowest BCUT2D eigenvalue weighted by atomic mass is 10.0. The van der Waals surface area contributed by atoms with Crippen LogP contribution in [0.1, 0.15) is 33.4 Å². The second-order valence-corrected chi connectivity index (χ2v) is 8.19. The average Bonchev–Trinajstić information content (AvgIpc) is 3.52. The standard InChI is InChI=1S/C23H24N6O3S/c1-29-9-8-24-21(29)20(17-10-18(31-2)12-19(11-17)32-3)27-22(30)16-6-4-15(5-7-16)13-33-23-25-14-26-28-23/h4-12,14,20H,13H2,1-3H3,(H,27,30)(H,25,26,28). The van der Waals surface area contributed by atoms with Crippen LogP contribution < -0.4 is 14.8 Å². The van der Waals surface area contributed by atoms with Gasteiger partial charge in [-0.3, -0.25) is 9.89 Å². The van der Waals surface area contributed by atoms with Crippen molar-refractivity contribution in [2.24, 2.45) is 7.05 Å². The highest BCUT2D eigenvalue weighted by Gasteiger charge is 2.23. The molecule has 4 rings (SSSR count). The zero-order valence-electron chi connectivity index (χ0n) is 18.5. The lowest BCUT2D eigenvalue weighted by Gasteiger charge is -2.20. The molecule has 0 fully saturated rings. The Morgan fingerprint density at radius 3 is 2.42 bits per heavy atom. The van der Waals surface area contributed by atoms with E-state index in [9.17, 15) is 4.79 Å². The number of nitrogens with one attached hydrogen (secondary N) is 2. The number of methoxy groups -OCH3 is 2. The number of nitrogens with zero attached hydrogens (tertiary/aromatic N) is 4. The first-order valence-corrected chi connectivity index (χ1v) is 11.1. The fourth-order valence-electron chi connectivity index (χ4n) is 3.33. The molecule has 10 heteroatoms. The van der Waals surface area contributed by atoms with Crippen molar-refractivity contribution in [3.05, 3.63) is 83.7 Å². The van der Waals surface area contributed by atoms with Gasteiger partial charge in [-0.2, -0.15) is 5.10 Å². The summed E-state index contributed by atoms with van der Waals surface area (Å²) in [5, 5.41) is 10.5. The average molecular weight is 465 g/mol. The van der Waals surface area contributed by atoms with Gasteiger partial charge in [0.25, 0.3) is 5.91 Å². The third-order valence-corrected chi connectivity index (χ3v) is 6.03. The normalized spacial score (nSPS) is 11.7. The van der Waals surface area contributed by atoms with E-state index in [0.717, 1.165) is 22.0 Å². The summed E-state index contributed by atoms with van der Waals surface area (Å²) in [6.07, 6.45) is 5.02. The number of carbonyl (C=O) groups excluding carboxylic acids is 1. The second kappa shape index (κ2) is 10.2. The van der Waals surface area contributed by atoms with Crippen molar-refractivity contribution in [3.63, 3.8) is 0 Å². The summed E-state index contributed by atoms with van der Waals surface area (Å²) in [5.74, 6) is 2.46. The molecule has 0 aliphatic carbocycles. The van der Waals surface area contributed by atoms with Gasteiger partial charge in [0.2, 0.25) is 0 Å². The third kappa shape index (κ3) is 5.35. The van der Waals surface area contributed by atoms with Crippen molar-refractivity contribution in [2.45, 2.75) is 17.0 Å². The minimum absolute atomic E-state index is 0.209. The molecule has 2 N–H and O–H groups in total. The molecule has 9 nitrogen and oxygen atoms in total. The van der Waals surface area contributed by atoms with Crippen molar-refractivity contribution in [2.75, 3.05) is 14.2 Å². The maximum atomic E-state index is 13.2. The first kappa shape index (κ1) is 22.4. The Morgan fingerprint density at radius 1 is 1.12 bits per heavy atom. The molecule has 1 atom stereocenters. The Hall–Kier alpha value is -3.79. The predicted molar refractivity (Wildman–Crippen MR) is 124 cm³/mol. The smallest absolute Gasteiger partial charge is 0.252 e. The Balaban J connectivity index is 1.55. The van der Waals surface area contributed by atoms with Crippen LogP contribution in [0.15, 0.2) is 66.3 Å². The summed E-state index contributed by atoms with van der Waals surface area (Å²) in [6.45, 7) is 0. The number of thioether (sulfide) groups is 1. The molecule has 0 aliphatic heterocycles. The summed E-state index contributed by atoms with van der Waals surface area (Å²) < 4.78 is 12.7. The first-order chi connectivity index (χ1) is 16.1. The molecular weight excluding hydrogens is 440 g/mol. The van der Waals surface area contributed by atoms with Crippen molar-refractivity contribution >= 4 is 17.7 Å². The van der Waals surface area contributed by atoms with Crippen LogP contribution in [0.3, 0.4) is 0 Å². The highest BCUT2D eigenvalue weighted by Crippen LogP contribution is 2.30. The molecule has 2 aromatic heterocycles. The van der Waals surface area contributed by atoms with Gasteiger partial charge in [-0.1, -0.05) is 23.9 Å². The number of rotatable bonds is 9. The second-order valence-electron chi connectivity index (χ2n) is 7.23. The number of hydrogen-bond acceptors (Lipinski definition) is 7. The number of amides is 1. The molecular formula is C23H24N6O3S. The van der Waals surface area contributed by atoms with Crippen LogP contribution in [0, 0.1) is 0 Å². The molecule has 33 heavy (non-hydrogen) atoms. The van der Waals surface area contributed by atoms with Crippen LogP contribution in [0.25, 0.3) is 0 Å². The zero-order chi connectivity index (χ0) is 23.2. The number of aryl methyl sites for hydroxylation is 1. The number of imidazole rings is 1. The minimum atomic E-state index is -0.497. The van der Waals surface area contributed by atoms with Crippen LogP contribution in [-0.4, -0.2) is 44.9 Å². The van der Waals surface area contributed by atoms with Crippen molar-refractivity contribution in [3.8, 4) is 11.5 Å². The lowest BCUT2D eigenvalue weighted by Crippen LogP contribution is -2.31. The molecule has 0 bridgehead atoms. The molecule has 170 valence electrons. The molecule has 4 aromatic rings. The molecule has 0 radical (unpaired) electrons. The van der Waals surface area contributed by atoms with Crippen LogP contribution in [-0.2, 0) is 12.8 Å². The number of hydrogen-bond donors (Lipinski definition) is 2. The summed E-state index contributed by atoms with van der Waals surface area (Å²) in [6, 6.07) is 12.5. The van der Waals surface area contributed by atoms with Gasteiger partial charge >= 0.3 is 0 Å². The number of aromatic amines is 1. The fraction of sp³-hybridized carbons (Fsp3) is 0.217. The minimum Gasteiger partial charge on any atom is -0.497 e. The van der Waals surface area contributed by atoms with E-state index >= 15 is 0 Å². The van der Waals surface area contributed by atoms with Gasteiger partial charge in [-0.05, 0) is 35.4 Å². The number of H-pyrrole nitrogens is 1. The van der Waals surface area contributed by atoms with Gasteiger partial charge in [-0.25, -0.2) is 9.97 Å². The molecule has 1 amide bonds. The van der Waals surface area contributed by atoms with E-state index in [0.29, 0.717) is 22.9 Å². The van der Waals surface area contributed by atoms with E-state index in [4.69, 9.17) is 9.47 Å².